The first kappa shape index (κ1) is 15.2. The third-order valence-corrected chi connectivity index (χ3v) is 4.47. The standard InChI is InChI=1S/C14H16ClNO3S/c15-10-3-1-4-11(9-10)20-8-6-13(17)16-7-2-5-12(16)14(18)19/h1,3-4,9,12H,2,5-8H2,(H,18,19). The maximum Gasteiger partial charge on any atom is 0.326 e. The van der Waals surface area contributed by atoms with E-state index in [2.05, 4.69) is 0 Å². The van der Waals surface area contributed by atoms with Gasteiger partial charge in [0, 0.05) is 28.6 Å². The van der Waals surface area contributed by atoms with E-state index in [4.69, 9.17) is 16.7 Å². The second-order valence-corrected chi connectivity index (χ2v) is 6.24. The SMILES string of the molecule is O=C(O)C1CCCN1C(=O)CCSc1cccc(Cl)c1. The topological polar surface area (TPSA) is 57.6 Å². The number of nitrogens with zero attached hydrogens (tertiary/aromatic N) is 1. The van der Waals surface area contributed by atoms with Gasteiger partial charge in [-0.15, -0.1) is 11.8 Å². The van der Waals surface area contributed by atoms with Gasteiger partial charge in [-0.05, 0) is 31.0 Å². The van der Waals surface area contributed by atoms with Crippen molar-refractivity contribution in [3.8, 4) is 0 Å². The van der Waals surface area contributed by atoms with E-state index in [0.717, 1.165) is 11.3 Å². The Labute approximate surface area is 127 Å². The summed E-state index contributed by atoms with van der Waals surface area (Å²) in [4.78, 5) is 25.6. The van der Waals surface area contributed by atoms with Crippen molar-refractivity contribution in [3.05, 3.63) is 29.3 Å². The number of benzene rings is 1. The van der Waals surface area contributed by atoms with Crippen molar-refractivity contribution in [2.45, 2.75) is 30.2 Å². The lowest BCUT2D eigenvalue weighted by Crippen LogP contribution is -2.40. The largest absolute Gasteiger partial charge is 0.480 e. The summed E-state index contributed by atoms with van der Waals surface area (Å²) in [6.45, 7) is 0.553. The lowest BCUT2D eigenvalue weighted by molar-refractivity contribution is -0.148. The molecule has 1 saturated heterocycles. The van der Waals surface area contributed by atoms with Gasteiger partial charge in [0.2, 0.25) is 5.91 Å². The van der Waals surface area contributed by atoms with Crippen LogP contribution in [0.15, 0.2) is 29.2 Å². The van der Waals surface area contributed by atoms with Crippen LogP contribution in [0.5, 0.6) is 0 Å². The number of aliphatic carboxylic acids is 1. The lowest BCUT2D eigenvalue weighted by Gasteiger charge is -2.21. The molecule has 1 aromatic rings. The van der Waals surface area contributed by atoms with Crippen LogP contribution in [-0.2, 0) is 9.59 Å². The highest BCUT2D eigenvalue weighted by atomic mass is 35.5. The minimum absolute atomic E-state index is 0.0792. The van der Waals surface area contributed by atoms with Gasteiger partial charge in [-0.3, -0.25) is 4.79 Å². The molecule has 1 heterocycles. The molecular weight excluding hydrogens is 298 g/mol. The summed E-state index contributed by atoms with van der Waals surface area (Å²) in [6.07, 6.45) is 1.67. The fraction of sp³-hybridized carbons (Fsp3) is 0.429. The molecule has 2 rings (SSSR count). The van der Waals surface area contributed by atoms with Gasteiger partial charge in [0.15, 0.2) is 0 Å². The van der Waals surface area contributed by atoms with Crippen molar-refractivity contribution in [3.63, 3.8) is 0 Å². The van der Waals surface area contributed by atoms with Gasteiger partial charge in [0.25, 0.3) is 0 Å². The highest BCUT2D eigenvalue weighted by Crippen LogP contribution is 2.24. The molecule has 1 N–H and O–H groups in total. The van der Waals surface area contributed by atoms with E-state index < -0.39 is 12.0 Å². The lowest BCUT2D eigenvalue weighted by atomic mass is 10.2. The normalized spacial score (nSPS) is 18.2. The number of carbonyl (C=O) groups is 2. The van der Waals surface area contributed by atoms with Crippen molar-refractivity contribution in [1.82, 2.24) is 4.90 Å². The minimum atomic E-state index is -0.904. The van der Waals surface area contributed by atoms with Crippen LogP contribution in [0.1, 0.15) is 19.3 Å². The van der Waals surface area contributed by atoms with Crippen LogP contribution in [0.3, 0.4) is 0 Å². The number of halogens is 1. The van der Waals surface area contributed by atoms with Crippen LogP contribution in [0, 0.1) is 0 Å². The van der Waals surface area contributed by atoms with E-state index in [9.17, 15) is 9.59 Å². The Bertz CT molecular complexity index is 509. The number of hydrogen-bond acceptors (Lipinski definition) is 3. The number of carboxylic acid groups (broad SMARTS) is 1. The number of carbonyl (C=O) groups excluding carboxylic acids is 1. The molecule has 1 fully saturated rings. The Morgan fingerprint density at radius 2 is 2.25 bits per heavy atom. The summed E-state index contributed by atoms with van der Waals surface area (Å²) in [6, 6.07) is 6.83. The number of rotatable bonds is 5. The predicted octanol–water partition coefficient (Wildman–Crippen LogP) is 2.90. The average molecular weight is 314 g/mol. The molecule has 0 aromatic heterocycles. The summed E-state index contributed by atoms with van der Waals surface area (Å²) in [5, 5.41) is 9.73. The minimum Gasteiger partial charge on any atom is -0.480 e. The van der Waals surface area contributed by atoms with E-state index >= 15 is 0 Å². The molecule has 0 spiro atoms. The summed E-state index contributed by atoms with van der Waals surface area (Å²) in [5.41, 5.74) is 0. The first-order valence-corrected chi connectivity index (χ1v) is 7.85. The third kappa shape index (κ3) is 3.90. The first-order chi connectivity index (χ1) is 9.58. The predicted molar refractivity (Wildman–Crippen MR) is 79.2 cm³/mol. The Morgan fingerprint density at radius 3 is 2.95 bits per heavy atom. The zero-order chi connectivity index (χ0) is 14.5. The van der Waals surface area contributed by atoms with E-state index in [0.29, 0.717) is 30.2 Å². The van der Waals surface area contributed by atoms with E-state index in [1.54, 1.807) is 17.8 Å². The fourth-order valence-electron chi connectivity index (χ4n) is 2.28. The van der Waals surface area contributed by atoms with Gasteiger partial charge in [-0.1, -0.05) is 17.7 Å². The van der Waals surface area contributed by atoms with Gasteiger partial charge < -0.3 is 10.0 Å². The summed E-state index contributed by atoms with van der Waals surface area (Å²) < 4.78 is 0. The van der Waals surface area contributed by atoms with Crippen molar-refractivity contribution in [2.24, 2.45) is 0 Å². The molecule has 1 aliphatic heterocycles. The van der Waals surface area contributed by atoms with Crippen molar-refractivity contribution < 1.29 is 14.7 Å². The Kier molecular flexibility index (Phi) is 5.31. The summed E-state index contributed by atoms with van der Waals surface area (Å²) >= 11 is 7.44. The summed E-state index contributed by atoms with van der Waals surface area (Å²) in [5.74, 6) is -0.357. The average Bonchev–Trinajstić information content (AvgIpc) is 2.88. The fourth-order valence-corrected chi connectivity index (χ4v) is 3.43. The zero-order valence-electron chi connectivity index (χ0n) is 10.9. The Hall–Kier alpha value is -1.20. The third-order valence-electron chi connectivity index (χ3n) is 3.24. The Morgan fingerprint density at radius 1 is 1.45 bits per heavy atom. The highest BCUT2D eigenvalue weighted by molar-refractivity contribution is 7.99. The number of amides is 1. The number of thioether (sulfide) groups is 1. The molecule has 0 bridgehead atoms. The van der Waals surface area contributed by atoms with Gasteiger partial charge >= 0.3 is 5.97 Å². The Balaban J connectivity index is 1.82. The molecular formula is C14H16ClNO3S. The molecule has 1 aliphatic rings. The second-order valence-electron chi connectivity index (χ2n) is 4.64. The molecule has 0 aliphatic carbocycles. The van der Waals surface area contributed by atoms with E-state index in [1.807, 2.05) is 18.2 Å². The molecule has 4 nitrogen and oxygen atoms in total. The number of carboxylic acids is 1. The van der Waals surface area contributed by atoms with Crippen LogP contribution in [0.2, 0.25) is 5.02 Å². The molecule has 6 heteroatoms. The van der Waals surface area contributed by atoms with Crippen LogP contribution in [0.4, 0.5) is 0 Å². The number of hydrogen-bond donors (Lipinski definition) is 1. The first-order valence-electron chi connectivity index (χ1n) is 6.48. The second kappa shape index (κ2) is 6.99. The zero-order valence-corrected chi connectivity index (χ0v) is 12.5. The van der Waals surface area contributed by atoms with Crippen LogP contribution < -0.4 is 0 Å². The molecule has 0 radical (unpaired) electrons. The smallest absolute Gasteiger partial charge is 0.326 e. The molecule has 0 saturated carbocycles. The molecule has 108 valence electrons. The van der Waals surface area contributed by atoms with E-state index in [-0.39, 0.29) is 5.91 Å². The molecule has 1 atom stereocenters. The molecule has 1 aromatic carbocycles. The maximum atomic E-state index is 12.0. The number of likely N-dealkylation sites (tertiary alicyclic amines) is 1. The van der Waals surface area contributed by atoms with E-state index in [1.165, 1.54) is 4.90 Å². The van der Waals surface area contributed by atoms with Crippen molar-refractivity contribution in [1.29, 1.82) is 0 Å². The molecule has 1 unspecified atom stereocenters. The van der Waals surface area contributed by atoms with Crippen molar-refractivity contribution in [2.75, 3.05) is 12.3 Å². The van der Waals surface area contributed by atoms with Gasteiger partial charge in [0.1, 0.15) is 6.04 Å². The van der Waals surface area contributed by atoms with Gasteiger partial charge in [-0.2, -0.15) is 0 Å². The van der Waals surface area contributed by atoms with Gasteiger partial charge in [-0.25, -0.2) is 4.79 Å². The van der Waals surface area contributed by atoms with Crippen molar-refractivity contribution >= 4 is 35.2 Å². The highest BCUT2D eigenvalue weighted by Gasteiger charge is 2.33. The molecule has 1 amide bonds. The van der Waals surface area contributed by atoms with Gasteiger partial charge in [0.05, 0.1) is 0 Å². The monoisotopic (exact) mass is 313 g/mol. The van der Waals surface area contributed by atoms with Crippen LogP contribution in [-0.4, -0.2) is 40.2 Å². The maximum absolute atomic E-state index is 12.0. The molecule has 20 heavy (non-hydrogen) atoms. The quantitative estimate of drug-likeness (QED) is 0.849. The van der Waals surface area contributed by atoms with Crippen LogP contribution >= 0.6 is 23.4 Å². The summed E-state index contributed by atoms with van der Waals surface area (Å²) in [7, 11) is 0. The van der Waals surface area contributed by atoms with Crippen LogP contribution in [0.25, 0.3) is 0 Å².